The van der Waals surface area contributed by atoms with Crippen molar-refractivity contribution >= 4 is 12.0 Å². The van der Waals surface area contributed by atoms with E-state index in [4.69, 9.17) is 4.74 Å². The van der Waals surface area contributed by atoms with Crippen LogP contribution in [0.3, 0.4) is 0 Å². The van der Waals surface area contributed by atoms with Gasteiger partial charge in [0.2, 0.25) is 0 Å². The maximum atomic E-state index is 13.5. The molecule has 1 fully saturated rings. The molecule has 0 radical (unpaired) electrons. The predicted octanol–water partition coefficient (Wildman–Crippen LogP) is 5.98. The van der Waals surface area contributed by atoms with Gasteiger partial charge >= 0.3 is 0 Å². The van der Waals surface area contributed by atoms with E-state index in [-0.39, 0.29) is 18.6 Å². The number of hydrogen-bond donors (Lipinski definition) is 1. The van der Waals surface area contributed by atoms with Gasteiger partial charge in [0.05, 0.1) is 17.9 Å². The first-order valence-electron chi connectivity index (χ1n) is 11.3. The molecule has 2 aromatic carbocycles. The fourth-order valence-corrected chi connectivity index (χ4v) is 4.18. The predicted molar refractivity (Wildman–Crippen MR) is 125 cm³/mol. The lowest BCUT2D eigenvalue weighted by Crippen LogP contribution is -2.23. The molecule has 4 nitrogen and oxygen atoms in total. The molecule has 3 aromatic rings. The normalized spacial score (nSPS) is 14.2. The van der Waals surface area contributed by atoms with Crippen molar-refractivity contribution in [3.05, 3.63) is 101 Å². The van der Waals surface area contributed by atoms with Crippen LogP contribution in [0.5, 0.6) is 0 Å². The van der Waals surface area contributed by atoms with Crippen molar-refractivity contribution in [3.63, 3.8) is 0 Å². The Hall–Kier alpha value is -3.41. The number of ether oxygens (including phenoxy) is 1. The fourth-order valence-electron chi connectivity index (χ4n) is 4.18. The van der Waals surface area contributed by atoms with E-state index < -0.39 is 11.6 Å². The van der Waals surface area contributed by atoms with E-state index in [9.17, 15) is 13.6 Å². The Kier molecular flexibility index (Phi) is 7.23. The van der Waals surface area contributed by atoms with Gasteiger partial charge in [-0.05, 0) is 68.0 Å². The Bertz CT molecular complexity index is 1130. The number of benzene rings is 2. The monoisotopic (exact) mass is 450 g/mol. The third-order valence-corrected chi connectivity index (χ3v) is 6.08. The largest absolute Gasteiger partial charge is 0.498 e. The van der Waals surface area contributed by atoms with Crippen molar-refractivity contribution in [1.29, 1.82) is 0 Å². The summed E-state index contributed by atoms with van der Waals surface area (Å²) in [6.07, 6.45) is 8.45. The van der Waals surface area contributed by atoms with Crippen molar-refractivity contribution in [1.82, 2.24) is 9.88 Å². The molecule has 0 atom stereocenters. The Morgan fingerprint density at radius 3 is 2.55 bits per heavy atom. The minimum atomic E-state index is -0.929. The number of aromatic nitrogens is 1. The van der Waals surface area contributed by atoms with Crippen molar-refractivity contribution < 1.29 is 18.3 Å². The third-order valence-electron chi connectivity index (χ3n) is 6.08. The number of rotatable bonds is 8. The van der Waals surface area contributed by atoms with E-state index in [0.717, 1.165) is 41.9 Å². The van der Waals surface area contributed by atoms with E-state index in [1.165, 1.54) is 18.9 Å². The van der Waals surface area contributed by atoms with E-state index in [2.05, 4.69) is 9.88 Å². The second-order valence-electron chi connectivity index (χ2n) is 8.42. The fraction of sp³-hybridized carbons (Fsp3) is 0.296. The molecule has 172 valence electrons. The van der Waals surface area contributed by atoms with Crippen LogP contribution in [0.1, 0.15) is 58.6 Å². The molecule has 1 aromatic heterocycles. The van der Waals surface area contributed by atoms with Crippen LogP contribution in [-0.2, 0) is 17.8 Å². The lowest BCUT2D eigenvalue weighted by atomic mass is 10.2. The van der Waals surface area contributed by atoms with Gasteiger partial charge in [0, 0.05) is 24.5 Å². The first-order valence-corrected chi connectivity index (χ1v) is 11.3. The maximum absolute atomic E-state index is 13.5. The zero-order chi connectivity index (χ0) is 23.2. The van der Waals surface area contributed by atoms with Crippen LogP contribution >= 0.6 is 0 Å². The average Bonchev–Trinajstić information content (AvgIpc) is 3.44. The highest BCUT2D eigenvalue weighted by Crippen LogP contribution is 2.23. The van der Waals surface area contributed by atoms with Crippen molar-refractivity contribution in [2.45, 2.75) is 51.8 Å². The molecule has 6 heteroatoms. The molecular weight excluding hydrogens is 422 g/mol. The summed E-state index contributed by atoms with van der Waals surface area (Å²) in [5.41, 5.74) is 3.84. The van der Waals surface area contributed by atoms with E-state index in [1.54, 1.807) is 6.26 Å². The summed E-state index contributed by atoms with van der Waals surface area (Å²) in [7, 11) is 0. The van der Waals surface area contributed by atoms with Gasteiger partial charge < -0.3 is 14.6 Å². The van der Waals surface area contributed by atoms with Crippen LogP contribution in [0.4, 0.5) is 8.78 Å². The molecule has 0 bridgehead atoms. The lowest BCUT2D eigenvalue weighted by Gasteiger charge is -2.11. The zero-order valence-electron chi connectivity index (χ0n) is 18.7. The standard InChI is InChI=1S/C27H28F2N2O2/c1-19-24(27(32)30-17-21-11-12-25(28)26(29)15-21)16-22(13-14-33-23-9-5-6-10-23)31(19)18-20-7-3-2-4-8-20/h2-4,7-8,11-16,23H,5-6,9-10,17-18H2,1H3,(H,30,32)/b14-13+. The summed E-state index contributed by atoms with van der Waals surface area (Å²) in [5.74, 6) is -2.10. The zero-order valence-corrected chi connectivity index (χ0v) is 18.7. The van der Waals surface area contributed by atoms with Gasteiger partial charge in [-0.2, -0.15) is 0 Å². The molecular formula is C27H28F2N2O2. The van der Waals surface area contributed by atoms with E-state index in [1.807, 2.05) is 49.4 Å². The van der Waals surface area contributed by atoms with Crippen LogP contribution in [0, 0.1) is 18.6 Å². The summed E-state index contributed by atoms with van der Waals surface area (Å²) >= 11 is 0. The first-order chi connectivity index (χ1) is 16.0. The van der Waals surface area contributed by atoms with Crippen LogP contribution in [0.15, 0.2) is 60.9 Å². The molecule has 0 aliphatic heterocycles. The second kappa shape index (κ2) is 10.5. The second-order valence-corrected chi connectivity index (χ2v) is 8.42. The van der Waals surface area contributed by atoms with Crippen molar-refractivity contribution in [2.24, 2.45) is 0 Å². The summed E-state index contributed by atoms with van der Waals surface area (Å²) < 4.78 is 34.6. The quantitative estimate of drug-likeness (QED) is 0.429. The van der Waals surface area contributed by atoms with Crippen molar-refractivity contribution in [2.75, 3.05) is 0 Å². The van der Waals surface area contributed by atoms with Gasteiger partial charge in [-0.1, -0.05) is 36.4 Å². The highest BCUT2D eigenvalue weighted by molar-refractivity contribution is 5.96. The minimum absolute atomic E-state index is 0.106. The molecule has 1 aliphatic rings. The number of amides is 1. The van der Waals surface area contributed by atoms with Crippen LogP contribution < -0.4 is 5.32 Å². The molecule has 33 heavy (non-hydrogen) atoms. The highest BCUT2D eigenvalue weighted by Gasteiger charge is 2.18. The number of halogens is 2. The van der Waals surface area contributed by atoms with Crippen molar-refractivity contribution in [3.8, 4) is 0 Å². The summed E-state index contributed by atoms with van der Waals surface area (Å²) in [4.78, 5) is 12.9. The molecule has 1 aliphatic carbocycles. The highest BCUT2D eigenvalue weighted by atomic mass is 19.2. The SMILES string of the molecule is Cc1c(C(=O)NCc2ccc(F)c(F)c2)cc(/C=C/OC2CCCC2)n1Cc1ccccc1. The Morgan fingerprint density at radius 1 is 1.06 bits per heavy atom. The Balaban J connectivity index is 1.53. The Labute approximate surface area is 192 Å². The van der Waals surface area contributed by atoms with Gasteiger partial charge in [-0.3, -0.25) is 4.79 Å². The summed E-state index contributed by atoms with van der Waals surface area (Å²) in [6.45, 7) is 2.63. The lowest BCUT2D eigenvalue weighted by molar-refractivity contribution is 0.0950. The van der Waals surface area contributed by atoms with Gasteiger partial charge in [0.1, 0.15) is 0 Å². The third kappa shape index (κ3) is 5.69. The van der Waals surface area contributed by atoms with Gasteiger partial charge in [0.15, 0.2) is 11.6 Å². The molecule has 0 spiro atoms. The number of hydrogen-bond acceptors (Lipinski definition) is 2. The summed E-state index contributed by atoms with van der Waals surface area (Å²) in [5, 5.41) is 2.81. The number of carbonyl (C=O) groups is 1. The first kappa shape index (κ1) is 22.8. The molecule has 1 N–H and O–H groups in total. The molecule has 0 saturated heterocycles. The smallest absolute Gasteiger partial charge is 0.253 e. The number of carbonyl (C=O) groups excluding carboxylic acids is 1. The van der Waals surface area contributed by atoms with Crippen LogP contribution in [0.25, 0.3) is 6.08 Å². The average molecular weight is 451 g/mol. The molecule has 4 rings (SSSR count). The molecule has 0 unspecified atom stereocenters. The van der Waals surface area contributed by atoms with Gasteiger partial charge in [-0.25, -0.2) is 8.78 Å². The molecule has 1 heterocycles. The van der Waals surface area contributed by atoms with E-state index >= 15 is 0 Å². The van der Waals surface area contributed by atoms with E-state index in [0.29, 0.717) is 17.7 Å². The minimum Gasteiger partial charge on any atom is -0.498 e. The number of nitrogens with zero attached hydrogens (tertiary/aromatic N) is 1. The molecule has 1 amide bonds. The molecule has 1 saturated carbocycles. The number of nitrogens with one attached hydrogen (secondary N) is 1. The summed E-state index contributed by atoms with van der Waals surface area (Å²) in [6, 6.07) is 15.5. The van der Waals surface area contributed by atoms with Gasteiger partial charge in [0.25, 0.3) is 5.91 Å². The topological polar surface area (TPSA) is 43.3 Å². The van der Waals surface area contributed by atoms with Gasteiger partial charge in [-0.15, -0.1) is 0 Å². The van der Waals surface area contributed by atoms with Crippen LogP contribution in [0.2, 0.25) is 0 Å². The van der Waals surface area contributed by atoms with Crippen LogP contribution in [-0.4, -0.2) is 16.6 Å². The maximum Gasteiger partial charge on any atom is 0.253 e. The Morgan fingerprint density at radius 2 is 1.82 bits per heavy atom.